The summed E-state index contributed by atoms with van der Waals surface area (Å²) in [5.74, 6) is 1.84. The summed E-state index contributed by atoms with van der Waals surface area (Å²) in [6, 6.07) is 24.3. The van der Waals surface area contributed by atoms with Crippen LogP contribution in [0.15, 0.2) is 59.7 Å². The zero-order valence-electron chi connectivity index (χ0n) is 29.9. The third-order valence-corrected chi connectivity index (χ3v) is 9.55. The quantitative estimate of drug-likeness (QED) is 0.170. The van der Waals surface area contributed by atoms with Gasteiger partial charge in [0.25, 0.3) is 0 Å². The SMILES string of the molecule is Cc1cc(Oc2[c-]c(C3=N[C@](C)(C(C)(C)C)CO3)cc(C(C)(C)C)c2)[c-]c(-n2c3ccc(C(C)(C)C)cc3c3c(C)ccnc32)c1.[Pt+2]. The van der Waals surface area contributed by atoms with Crippen LogP contribution in [-0.2, 0) is 36.6 Å². The molecule has 5 nitrogen and oxygen atoms in total. The normalized spacial score (nSPS) is 17.1. The summed E-state index contributed by atoms with van der Waals surface area (Å²) in [5.41, 5.74) is 7.93. The first-order chi connectivity index (χ1) is 21.3. The maximum absolute atomic E-state index is 6.61. The number of aliphatic imine (C=N–C) groups is 1. The number of hydrogen-bond acceptors (Lipinski definition) is 4. The number of fused-ring (bicyclic) bond motifs is 3. The second-order valence-electron chi connectivity index (χ2n) is 16.3. The predicted molar refractivity (Wildman–Crippen MR) is 190 cm³/mol. The van der Waals surface area contributed by atoms with E-state index < -0.39 is 0 Å². The van der Waals surface area contributed by atoms with E-state index in [2.05, 4.69) is 142 Å². The zero-order chi connectivity index (χ0) is 33.4. The molecule has 1 aliphatic heterocycles. The van der Waals surface area contributed by atoms with Crippen molar-refractivity contribution in [2.24, 2.45) is 10.4 Å². The zero-order valence-corrected chi connectivity index (χ0v) is 32.1. The summed E-state index contributed by atoms with van der Waals surface area (Å²) >= 11 is 0. The fourth-order valence-electron chi connectivity index (χ4n) is 5.92. The molecule has 3 aromatic carbocycles. The molecule has 0 amide bonds. The molecule has 248 valence electrons. The topological polar surface area (TPSA) is 48.6 Å². The maximum atomic E-state index is 6.61. The van der Waals surface area contributed by atoms with Crippen LogP contribution in [0.2, 0.25) is 0 Å². The minimum Gasteiger partial charge on any atom is -0.518 e. The number of benzene rings is 3. The largest absolute Gasteiger partial charge is 2.00 e. The van der Waals surface area contributed by atoms with Crippen LogP contribution in [0.5, 0.6) is 11.5 Å². The van der Waals surface area contributed by atoms with Gasteiger partial charge in [0.2, 0.25) is 0 Å². The van der Waals surface area contributed by atoms with Gasteiger partial charge in [0.05, 0.1) is 11.1 Å². The van der Waals surface area contributed by atoms with E-state index in [1.165, 1.54) is 16.5 Å². The molecule has 0 bridgehead atoms. The first-order valence-electron chi connectivity index (χ1n) is 16.3. The molecule has 2 aromatic heterocycles. The Balaban J connectivity index is 0.00000433. The maximum Gasteiger partial charge on any atom is 2.00 e. The van der Waals surface area contributed by atoms with E-state index >= 15 is 0 Å². The van der Waals surface area contributed by atoms with Crippen LogP contribution in [0.3, 0.4) is 0 Å². The molecule has 0 saturated carbocycles. The predicted octanol–water partition coefficient (Wildman–Crippen LogP) is 10.4. The van der Waals surface area contributed by atoms with E-state index in [9.17, 15) is 0 Å². The molecule has 0 saturated heterocycles. The minimum absolute atomic E-state index is 0. The summed E-state index contributed by atoms with van der Waals surface area (Å²) in [6.45, 7) is 26.9. The number of aromatic nitrogens is 2. The molecular formula is C41H47N3O2Pt. The van der Waals surface area contributed by atoms with Gasteiger partial charge in [-0.15, -0.1) is 29.8 Å². The molecule has 0 unspecified atom stereocenters. The molecule has 6 heteroatoms. The third kappa shape index (κ3) is 6.53. The molecular weight excluding hydrogens is 762 g/mol. The molecule has 0 radical (unpaired) electrons. The second kappa shape index (κ2) is 11.9. The molecule has 1 atom stereocenters. The van der Waals surface area contributed by atoms with E-state index in [-0.39, 0.29) is 42.8 Å². The van der Waals surface area contributed by atoms with E-state index in [1.54, 1.807) is 0 Å². The van der Waals surface area contributed by atoms with Gasteiger partial charge in [0.1, 0.15) is 18.2 Å². The van der Waals surface area contributed by atoms with Crippen molar-refractivity contribution in [3.8, 4) is 17.2 Å². The second-order valence-corrected chi connectivity index (χ2v) is 16.3. The van der Waals surface area contributed by atoms with Crippen LogP contribution in [0.1, 0.15) is 97.1 Å². The number of pyridine rings is 1. The molecule has 0 fully saturated rings. The Bertz CT molecular complexity index is 2020. The number of rotatable bonds is 4. The summed E-state index contributed by atoms with van der Waals surface area (Å²) in [6.07, 6.45) is 1.89. The van der Waals surface area contributed by atoms with E-state index in [4.69, 9.17) is 19.5 Å². The van der Waals surface area contributed by atoms with Crippen LogP contribution >= 0.6 is 0 Å². The average Bonchev–Trinajstić information content (AvgIpc) is 3.51. The molecule has 0 aliphatic carbocycles. The first-order valence-corrected chi connectivity index (χ1v) is 16.3. The van der Waals surface area contributed by atoms with Crippen molar-refractivity contribution in [2.75, 3.05) is 6.61 Å². The van der Waals surface area contributed by atoms with Crippen molar-refractivity contribution in [1.29, 1.82) is 0 Å². The molecule has 47 heavy (non-hydrogen) atoms. The van der Waals surface area contributed by atoms with Gasteiger partial charge in [-0.1, -0.05) is 98.7 Å². The van der Waals surface area contributed by atoms with Gasteiger partial charge in [-0.2, -0.15) is 5.56 Å². The molecule has 0 N–H and O–H groups in total. The number of nitrogens with zero attached hydrogens (tertiary/aromatic N) is 3. The van der Waals surface area contributed by atoms with Gasteiger partial charge in [0.15, 0.2) is 0 Å². The Labute approximate surface area is 295 Å². The van der Waals surface area contributed by atoms with Crippen LogP contribution in [0.25, 0.3) is 27.6 Å². The van der Waals surface area contributed by atoms with Crippen molar-refractivity contribution in [2.45, 2.75) is 99.5 Å². The van der Waals surface area contributed by atoms with Gasteiger partial charge in [-0.05, 0) is 59.4 Å². The van der Waals surface area contributed by atoms with Crippen molar-refractivity contribution in [3.05, 3.63) is 94.7 Å². The Hall–Kier alpha value is -3.43. The Morgan fingerprint density at radius 1 is 0.830 bits per heavy atom. The number of ether oxygens (including phenoxy) is 2. The van der Waals surface area contributed by atoms with Crippen molar-refractivity contribution in [3.63, 3.8) is 0 Å². The van der Waals surface area contributed by atoms with Gasteiger partial charge in [-0.3, -0.25) is 4.99 Å². The Morgan fingerprint density at radius 2 is 1.51 bits per heavy atom. The van der Waals surface area contributed by atoms with Gasteiger partial charge in [0, 0.05) is 28.5 Å². The van der Waals surface area contributed by atoms with Gasteiger partial charge in [-0.25, -0.2) is 4.98 Å². The smallest absolute Gasteiger partial charge is 0.518 e. The minimum atomic E-state index is -0.323. The summed E-state index contributed by atoms with van der Waals surface area (Å²) in [5, 5.41) is 2.36. The average molecular weight is 809 g/mol. The standard InChI is InChI=1S/C41H47N3O2.Pt/c1-25-17-30(44-34-14-13-28(38(3,4)5)22-33(34)35-26(2)15-16-42-36(35)44)23-31(18-25)46-32-20-27(19-29(21-32)39(6,7)8)37-43-41(12,24-45-37)40(9,10)11;/h13-19,21-22H,24H2,1-12H3;/q-2;+2/t41-;/m0./s1. The fourth-order valence-corrected chi connectivity index (χ4v) is 5.92. The first kappa shape index (κ1) is 34.9. The van der Waals surface area contributed by atoms with Crippen LogP contribution in [0.4, 0.5) is 0 Å². The third-order valence-electron chi connectivity index (χ3n) is 9.55. The number of aryl methyl sites for hydroxylation is 2. The van der Waals surface area contributed by atoms with Crippen molar-refractivity contribution >= 4 is 27.8 Å². The molecule has 5 aromatic rings. The van der Waals surface area contributed by atoms with Crippen LogP contribution < -0.4 is 4.74 Å². The molecule has 3 heterocycles. The van der Waals surface area contributed by atoms with Crippen molar-refractivity contribution in [1.82, 2.24) is 9.55 Å². The molecule has 0 spiro atoms. The van der Waals surface area contributed by atoms with Crippen LogP contribution in [0, 0.1) is 31.4 Å². The summed E-state index contributed by atoms with van der Waals surface area (Å²) in [7, 11) is 0. The summed E-state index contributed by atoms with van der Waals surface area (Å²) < 4.78 is 15.0. The number of hydrogen-bond donors (Lipinski definition) is 0. The van der Waals surface area contributed by atoms with E-state index in [0.29, 0.717) is 24.0 Å². The van der Waals surface area contributed by atoms with Crippen LogP contribution in [-0.4, -0.2) is 27.6 Å². The van der Waals surface area contributed by atoms with Gasteiger partial charge < -0.3 is 14.0 Å². The van der Waals surface area contributed by atoms with Crippen molar-refractivity contribution < 1.29 is 30.5 Å². The van der Waals surface area contributed by atoms with E-state index in [1.807, 2.05) is 12.3 Å². The molecule has 6 rings (SSSR count). The van der Waals surface area contributed by atoms with Gasteiger partial charge >= 0.3 is 21.1 Å². The monoisotopic (exact) mass is 808 g/mol. The Kier molecular flexibility index (Phi) is 8.85. The Morgan fingerprint density at radius 3 is 2.15 bits per heavy atom. The van der Waals surface area contributed by atoms with E-state index in [0.717, 1.165) is 38.9 Å². The fraction of sp³-hybridized carbons (Fsp3) is 0.415. The molecule has 1 aliphatic rings. The summed E-state index contributed by atoms with van der Waals surface area (Å²) in [4.78, 5) is 9.95.